The van der Waals surface area contributed by atoms with Gasteiger partial charge in [0.15, 0.2) is 17.3 Å². The van der Waals surface area contributed by atoms with E-state index in [2.05, 4.69) is 39.0 Å². The van der Waals surface area contributed by atoms with Gasteiger partial charge in [-0.1, -0.05) is 5.16 Å². The van der Waals surface area contributed by atoms with Gasteiger partial charge in [-0.15, -0.1) is 10.2 Å². The Morgan fingerprint density at radius 3 is 2.48 bits per heavy atom. The van der Waals surface area contributed by atoms with Gasteiger partial charge in [0.05, 0.1) is 0 Å². The molecule has 0 unspecified atom stereocenters. The molecule has 1 saturated heterocycles. The molecule has 0 aromatic carbocycles. The molecule has 2 aromatic heterocycles. The fourth-order valence-corrected chi connectivity index (χ4v) is 3.45. The molecule has 27 heavy (non-hydrogen) atoms. The minimum Gasteiger partial charge on any atom is -0.360 e. The third kappa shape index (κ3) is 3.74. The van der Waals surface area contributed by atoms with E-state index in [9.17, 15) is 4.79 Å². The highest BCUT2D eigenvalue weighted by atomic mass is 16.5. The lowest BCUT2D eigenvalue weighted by atomic mass is 10.2. The molecule has 0 radical (unpaired) electrons. The molecular formula is C19H26N6O2. The Kier molecular flexibility index (Phi) is 4.96. The van der Waals surface area contributed by atoms with Crippen LogP contribution in [0.3, 0.4) is 0 Å². The maximum absolute atomic E-state index is 12.6. The van der Waals surface area contributed by atoms with E-state index in [1.807, 2.05) is 23.1 Å². The number of piperazine rings is 1. The Morgan fingerprint density at radius 1 is 1.15 bits per heavy atom. The van der Waals surface area contributed by atoms with E-state index in [1.165, 1.54) is 0 Å². The molecule has 0 atom stereocenters. The number of amides is 1. The average molecular weight is 370 g/mol. The molecule has 2 aromatic rings. The van der Waals surface area contributed by atoms with Crippen LogP contribution in [0.1, 0.15) is 48.9 Å². The van der Waals surface area contributed by atoms with Crippen molar-refractivity contribution in [1.29, 1.82) is 0 Å². The van der Waals surface area contributed by atoms with Gasteiger partial charge in [-0.05, 0) is 38.8 Å². The number of rotatable bonds is 6. The zero-order valence-corrected chi connectivity index (χ0v) is 16.0. The molecule has 1 saturated carbocycles. The molecule has 0 spiro atoms. The van der Waals surface area contributed by atoms with Crippen molar-refractivity contribution in [3.05, 3.63) is 29.7 Å². The number of anilines is 2. The number of hydrogen-bond donors (Lipinski definition) is 0. The zero-order valence-electron chi connectivity index (χ0n) is 16.0. The summed E-state index contributed by atoms with van der Waals surface area (Å²) in [4.78, 5) is 18.8. The molecule has 144 valence electrons. The first-order valence-corrected chi connectivity index (χ1v) is 9.79. The van der Waals surface area contributed by atoms with Crippen molar-refractivity contribution in [3.63, 3.8) is 0 Å². The number of carbonyl (C=O) groups excluding carboxylic acids is 1. The minimum absolute atomic E-state index is 0.0479. The maximum Gasteiger partial charge on any atom is 0.276 e. The zero-order chi connectivity index (χ0) is 18.8. The van der Waals surface area contributed by atoms with Gasteiger partial charge < -0.3 is 19.2 Å². The Morgan fingerprint density at radius 2 is 1.89 bits per heavy atom. The summed E-state index contributed by atoms with van der Waals surface area (Å²) in [5.74, 6) is 3.02. The van der Waals surface area contributed by atoms with Crippen LogP contribution in [0.2, 0.25) is 0 Å². The summed E-state index contributed by atoms with van der Waals surface area (Å²) in [7, 11) is 0. The molecule has 4 rings (SSSR count). The van der Waals surface area contributed by atoms with Crippen LogP contribution in [-0.2, 0) is 0 Å². The highest BCUT2D eigenvalue weighted by molar-refractivity contribution is 5.92. The summed E-state index contributed by atoms with van der Waals surface area (Å²) in [6.07, 6.45) is 2.27. The first-order valence-electron chi connectivity index (χ1n) is 9.79. The maximum atomic E-state index is 12.6. The number of hydrogen-bond acceptors (Lipinski definition) is 7. The van der Waals surface area contributed by atoms with Gasteiger partial charge in [0.1, 0.15) is 5.76 Å². The second-order valence-electron chi connectivity index (χ2n) is 7.09. The Labute approximate surface area is 159 Å². The molecule has 2 fully saturated rings. The lowest BCUT2D eigenvalue weighted by Gasteiger charge is -2.34. The number of aromatic nitrogens is 3. The van der Waals surface area contributed by atoms with Crippen molar-refractivity contribution in [2.24, 2.45) is 0 Å². The van der Waals surface area contributed by atoms with E-state index in [0.717, 1.165) is 56.4 Å². The third-order valence-corrected chi connectivity index (χ3v) is 5.34. The van der Waals surface area contributed by atoms with Gasteiger partial charge in [0, 0.05) is 51.3 Å². The van der Waals surface area contributed by atoms with Crippen molar-refractivity contribution in [3.8, 4) is 0 Å². The first-order chi connectivity index (χ1) is 13.2. The van der Waals surface area contributed by atoms with Crippen LogP contribution in [0.25, 0.3) is 0 Å². The predicted octanol–water partition coefficient (Wildman–Crippen LogP) is 2.15. The van der Waals surface area contributed by atoms with Crippen molar-refractivity contribution in [2.45, 2.75) is 32.6 Å². The Hall–Kier alpha value is -2.64. The number of nitrogens with zero attached hydrogens (tertiary/aromatic N) is 6. The lowest BCUT2D eigenvalue weighted by molar-refractivity contribution is 0.0736. The van der Waals surface area contributed by atoms with Gasteiger partial charge in [-0.2, -0.15) is 0 Å². The Bertz CT molecular complexity index is 774. The monoisotopic (exact) mass is 370 g/mol. The van der Waals surface area contributed by atoms with E-state index >= 15 is 0 Å². The number of carbonyl (C=O) groups is 1. The average Bonchev–Trinajstić information content (AvgIpc) is 3.46. The largest absolute Gasteiger partial charge is 0.360 e. The molecule has 1 amide bonds. The minimum atomic E-state index is -0.0479. The van der Waals surface area contributed by atoms with Crippen molar-refractivity contribution < 1.29 is 9.32 Å². The standard InChI is InChI=1S/C19H26N6O2/c1-3-23(4-2)17-7-8-18(21-20-17)24-9-11-25(12-10-24)19(26)15-13-16(27-22-15)14-5-6-14/h7-8,13-14H,3-6,9-12H2,1-2H3. The smallest absolute Gasteiger partial charge is 0.276 e. The summed E-state index contributed by atoms with van der Waals surface area (Å²) in [6.45, 7) is 8.80. The second-order valence-corrected chi connectivity index (χ2v) is 7.09. The van der Waals surface area contributed by atoms with E-state index in [4.69, 9.17) is 4.52 Å². The highest BCUT2D eigenvalue weighted by Gasteiger charge is 2.30. The fraction of sp³-hybridized carbons (Fsp3) is 0.579. The summed E-state index contributed by atoms with van der Waals surface area (Å²) in [6, 6.07) is 5.84. The van der Waals surface area contributed by atoms with E-state index in [1.54, 1.807) is 0 Å². The summed E-state index contributed by atoms with van der Waals surface area (Å²) < 4.78 is 5.31. The predicted molar refractivity (Wildman–Crippen MR) is 102 cm³/mol. The van der Waals surface area contributed by atoms with Crippen molar-refractivity contribution in [1.82, 2.24) is 20.3 Å². The molecule has 1 aliphatic carbocycles. The van der Waals surface area contributed by atoms with Crippen molar-refractivity contribution >= 4 is 17.5 Å². The molecule has 2 aliphatic rings. The van der Waals surface area contributed by atoms with Gasteiger partial charge in [0.2, 0.25) is 0 Å². The van der Waals surface area contributed by atoms with E-state index in [-0.39, 0.29) is 5.91 Å². The lowest BCUT2D eigenvalue weighted by Crippen LogP contribution is -2.49. The highest BCUT2D eigenvalue weighted by Crippen LogP contribution is 2.40. The summed E-state index contributed by atoms with van der Waals surface area (Å²) in [5.41, 5.74) is 0.425. The molecule has 0 bridgehead atoms. The molecule has 1 aliphatic heterocycles. The fourth-order valence-electron chi connectivity index (χ4n) is 3.45. The van der Waals surface area contributed by atoms with Crippen LogP contribution in [0, 0.1) is 0 Å². The van der Waals surface area contributed by atoms with Crippen LogP contribution in [0.15, 0.2) is 22.7 Å². The molecule has 0 N–H and O–H groups in total. The molecule has 3 heterocycles. The van der Waals surface area contributed by atoms with Gasteiger partial charge in [0.25, 0.3) is 5.91 Å². The van der Waals surface area contributed by atoms with Crippen LogP contribution < -0.4 is 9.80 Å². The SMILES string of the molecule is CCN(CC)c1ccc(N2CCN(C(=O)c3cc(C4CC4)on3)CC2)nn1. The normalized spacial score (nSPS) is 17.3. The second kappa shape index (κ2) is 7.54. The molecular weight excluding hydrogens is 344 g/mol. The molecule has 8 nitrogen and oxygen atoms in total. The van der Waals surface area contributed by atoms with Crippen LogP contribution in [0.5, 0.6) is 0 Å². The first kappa shape index (κ1) is 17.8. The van der Waals surface area contributed by atoms with E-state index < -0.39 is 0 Å². The topological polar surface area (TPSA) is 78.6 Å². The van der Waals surface area contributed by atoms with Crippen molar-refractivity contribution in [2.75, 3.05) is 49.1 Å². The van der Waals surface area contributed by atoms with E-state index in [0.29, 0.717) is 24.7 Å². The van der Waals surface area contributed by atoms with Crippen LogP contribution in [-0.4, -0.2) is 65.4 Å². The summed E-state index contributed by atoms with van der Waals surface area (Å²) >= 11 is 0. The van der Waals surface area contributed by atoms with Gasteiger partial charge >= 0.3 is 0 Å². The van der Waals surface area contributed by atoms with Gasteiger partial charge in [-0.3, -0.25) is 4.79 Å². The third-order valence-electron chi connectivity index (χ3n) is 5.34. The molecule has 8 heteroatoms. The van der Waals surface area contributed by atoms with Gasteiger partial charge in [-0.25, -0.2) is 0 Å². The Balaban J connectivity index is 1.34. The van der Waals surface area contributed by atoms with Crippen LogP contribution in [0.4, 0.5) is 11.6 Å². The quantitative estimate of drug-likeness (QED) is 0.771. The summed E-state index contributed by atoms with van der Waals surface area (Å²) in [5, 5.41) is 12.7. The van der Waals surface area contributed by atoms with Crippen LogP contribution >= 0.6 is 0 Å².